The second-order valence-electron chi connectivity index (χ2n) is 16.4. The normalized spacial score (nSPS) is 13.2. The highest BCUT2D eigenvalue weighted by molar-refractivity contribution is 5.71. The van der Waals surface area contributed by atoms with Crippen LogP contribution in [0.15, 0.2) is 105 Å². The van der Waals surface area contributed by atoms with E-state index in [1.807, 2.05) is 0 Å². The van der Waals surface area contributed by atoms with Crippen LogP contribution in [0, 0.1) is 0 Å². The van der Waals surface area contributed by atoms with E-state index < -0.39 is 0 Å². The lowest BCUT2D eigenvalue weighted by Crippen LogP contribution is -2.29. The molecule has 0 aliphatic heterocycles. The molecule has 3 aromatic rings. The highest BCUT2D eigenvalue weighted by atomic mass is 16.5. The standard InChI is InChI=1S/C49H74N6O3/c1-38(2)17-12-20-41(5)23-13-21-39(3)18-10-11-19-40(4)22-14-24-42(6)25-15-26-43(7)27-16-32-53(8)36-44-28-30-45(31-29-44)37-54-47-46(55(50)49(54)56)35-51-48(52-47)58-34-33-57-9/h17-19,23-24,26,28-31,35H,10-16,20-22,25,27,32-34,36-37,50H2,1-9H3/b39-18+,40-19+,41-23+,42-24+,43-26+. The van der Waals surface area contributed by atoms with E-state index in [0.717, 1.165) is 87.5 Å². The molecular weight excluding hydrogens is 721 g/mol. The van der Waals surface area contributed by atoms with Crippen molar-refractivity contribution >= 4 is 11.2 Å². The molecule has 0 bridgehead atoms. The molecule has 2 heterocycles. The van der Waals surface area contributed by atoms with Gasteiger partial charge in [0.05, 0.1) is 19.3 Å². The molecule has 9 heteroatoms. The summed E-state index contributed by atoms with van der Waals surface area (Å²) in [7, 11) is 3.77. The number of fused-ring (bicyclic) bond motifs is 1. The average molecular weight is 795 g/mol. The lowest BCUT2D eigenvalue weighted by Gasteiger charge is -2.17. The fourth-order valence-corrected chi connectivity index (χ4v) is 6.82. The van der Waals surface area contributed by atoms with E-state index in [1.165, 1.54) is 58.0 Å². The smallest absolute Gasteiger partial charge is 0.349 e. The first-order chi connectivity index (χ1) is 27.9. The predicted octanol–water partition coefficient (Wildman–Crippen LogP) is 11.2. The number of unbranched alkanes of at least 4 members (excludes halogenated alkanes) is 1. The SMILES string of the molecule is COCCOc1ncc2c(n1)n(Cc1ccc(CN(C)CCC/C(C)=C/CC/C(C)=C/CC/C(C)=C/CC/C=C(\C)CC/C=C(\C)CCC=C(C)C)cc1)c(=O)n2N. The fraction of sp³-hybridized carbons (Fsp3) is 0.531. The zero-order valence-corrected chi connectivity index (χ0v) is 37.4. The second-order valence-corrected chi connectivity index (χ2v) is 16.4. The number of methoxy groups -OCH3 is 1. The summed E-state index contributed by atoms with van der Waals surface area (Å²) in [6.45, 7) is 18.7. The van der Waals surface area contributed by atoms with E-state index in [1.54, 1.807) is 11.7 Å². The Hall–Kier alpha value is -4.47. The molecule has 0 radical (unpaired) electrons. The highest BCUT2D eigenvalue weighted by Crippen LogP contribution is 2.18. The van der Waals surface area contributed by atoms with Gasteiger partial charge in [0.25, 0.3) is 0 Å². The summed E-state index contributed by atoms with van der Waals surface area (Å²) in [5.74, 6) is 6.03. The number of hydrogen-bond donors (Lipinski definition) is 1. The molecule has 0 aliphatic carbocycles. The zero-order valence-electron chi connectivity index (χ0n) is 37.4. The Morgan fingerprint density at radius 2 is 1.21 bits per heavy atom. The molecular formula is C49H74N6O3. The Morgan fingerprint density at radius 1 is 0.707 bits per heavy atom. The van der Waals surface area contributed by atoms with Crippen molar-refractivity contribution in [3.8, 4) is 6.01 Å². The van der Waals surface area contributed by atoms with E-state index in [-0.39, 0.29) is 11.7 Å². The summed E-state index contributed by atoms with van der Waals surface area (Å²) in [5.41, 5.74) is 11.7. The molecule has 0 fully saturated rings. The monoisotopic (exact) mass is 795 g/mol. The largest absolute Gasteiger partial charge is 0.461 e. The summed E-state index contributed by atoms with van der Waals surface area (Å²) in [6.07, 6.45) is 29.7. The molecule has 58 heavy (non-hydrogen) atoms. The minimum atomic E-state index is -0.354. The molecule has 0 atom stereocenters. The molecule has 0 amide bonds. The van der Waals surface area contributed by atoms with Crippen molar-refractivity contribution in [1.29, 1.82) is 0 Å². The third-order valence-corrected chi connectivity index (χ3v) is 10.5. The topological polar surface area (TPSA) is 100 Å². The summed E-state index contributed by atoms with van der Waals surface area (Å²) in [4.78, 5) is 23.9. The molecule has 2 aromatic heterocycles. The first-order valence-corrected chi connectivity index (χ1v) is 21.4. The van der Waals surface area contributed by atoms with Gasteiger partial charge in [-0.05, 0) is 150 Å². The summed E-state index contributed by atoms with van der Waals surface area (Å²) >= 11 is 0. The van der Waals surface area contributed by atoms with Crippen molar-refractivity contribution in [2.75, 3.05) is 39.8 Å². The maximum absolute atomic E-state index is 12.9. The number of nitrogen functional groups attached to an aromatic ring is 1. The Labute approximate surface area is 350 Å². The average Bonchev–Trinajstić information content (AvgIpc) is 3.41. The molecule has 0 aliphatic rings. The van der Waals surface area contributed by atoms with E-state index in [4.69, 9.17) is 15.3 Å². The number of benzene rings is 1. The first-order valence-electron chi connectivity index (χ1n) is 21.4. The van der Waals surface area contributed by atoms with Crippen molar-refractivity contribution < 1.29 is 9.47 Å². The molecule has 0 saturated heterocycles. The minimum Gasteiger partial charge on any atom is -0.461 e. The van der Waals surface area contributed by atoms with Crippen LogP contribution < -0.4 is 16.3 Å². The van der Waals surface area contributed by atoms with Crippen molar-refractivity contribution in [3.05, 3.63) is 122 Å². The minimum absolute atomic E-state index is 0.181. The van der Waals surface area contributed by atoms with Crippen LogP contribution in [-0.4, -0.2) is 58.0 Å². The number of hydrogen-bond acceptors (Lipinski definition) is 7. The van der Waals surface area contributed by atoms with Crippen molar-refractivity contribution in [2.24, 2.45) is 0 Å². The Balaban J connectivity index is 1.31. The van der Waals surface area contributed by atoms with Crippen molar-refractivity contribution in [3.63, 3.8) is 0 Å². The first kappa shape index (κ1) is 47.9. The van der Waals surface area contributed by atoms with Crippen LogP contribution >= 0.6 is 0 Å². The van der Waals surface area contributed by atoms with E-state index >= 15 is 0 Å². The van der Waals surface area contributed by atoms with Crippen molar-refractivity contribution in [1.82, 2.24) is 24.1 Å². The van der Waals surface area contributed by atoms with Crippen molar-refractivity contribution in [2.45, 2.75) is 139 Å². The number of nitrogens with zero attached hydrogens (tertiary/aromatic N) is 5. The van der Waals surface area contributed by atoms with E-state index in [2.05, 4.69) is 131 Å². The van der Waals surface area contributed by atoms with Gasteiger partial charge in [0.2, 0.25) is 0 Å². The molecule has 0 spiro atoms. The maximum atomic E-state index is 12.9. The molecule has 0 unspecified atom stereocenters. The van der Waals surface area contributed by atoms with Crippen LogP contribution in [0.2, 0.25) is 0 Å². The lowest BCUT2D eigenvalue weighted by atomic mass is 10.0. The van der Waals surface area contributed by atoms with Crippen LogP contribution in [0.25, 0.3) is 11.2 Å². The Kier molecular flexibility index (Phi) is 21.9. The van der Waals surface area contributed by atoms with Crippen LogP contribution in [0.4, 0.5) is 0 Å². The van der Waals surface area contributed by atoms with E-state index in [0.29, 0.717) is 30.9 Å². The van der Waals surface area contributed by atoms with E-state index in [9.17, 15) is 4.79 Å². The number of allylic oxidation sites excluding steroid dienone is 12. The molecule has 318 valence electrons. The molecule has 0 saturated carbocycles. The van der Waals surface area contributed by atoms with Gasteiger partial charge < -0.3 is 20.2 Å². The van der Waals surface area contributed by atoms with Gasteiger partial charge in [-0.1, -0.05) is 94.2 Å². The van der Waals surface area contributed by atoms with Gasteiger partial charge in [-0.3, -0.25) is 4.57 Å². The zero-order chi connectivity index (χ0) is 42.3. The number of nitrogens with two attached hydrogens (primary N) is 1. The number of rotatable bonds is 27. The fourth-order valence-electron chi connectivity index (χ4n) is 6.82. The maximum Gasteiger partial charge on any atom is 0.349 e. The van der Waals surface area contributed by atoms with Gasteiger partial charge >= 0.3 is 11.7 Å². The molecule has 1 aromatic carbocycles. The molecule has 3 rings (SSSR count). The predicted molar refractivity (Wildman–Crippen MR) is 245 cm³/mol. The number of imidazole rings is 1. The molecule has 9 nitrogen and oxygen atoms in total. The van der Waals surface area contributed by atoms with Crippen LogP contribution in [0.3, 0.4) is 0 Å². The number of ether oxygens (including phenoxy) is 2. The third kappa shape index (κ3) is 18.4. The van der Waals surface area contributed by atoms with Gasteiger partial charge in [-0.15, -0.1) is 0 Å². The number of aromatic nitrogens is 4. The Bertz CT molecular complexity index is 1940. The van der Waals surface area contributed by atoms with Crippen LogP contribution in [0.5, 0.6) is 6.01 Å². The van der Waals surface area contributed by atoms with Gasteiger partial charge in [0.1, 0.15) is 12.1 Å². The lowest BCUT2D eigenvalue weighted by molar-refractivity contribution is 0.141. The van der Waals surface area contributed by atoms with Gasteiger partial charge in [0, 0.05) is 13.7 Å². The molecule has 2 N–H and O–H groups in total. The quantitative estimate of drug-likeness (QED) is 0.0466. The van der Waals surface area contributed by atoms with Crippen LogP contribution in [0.1, 0.15) is 137 Å². The third-order valence-electron chi connectivity index (χ3n) is 10.5. The summed E-state index contributed by atoms with van der Waals surface area (Å²) < 4.78 is 13.2. The summed E-state index contributed by atoms with van der Waals surface area (Å²) in [5, 5.41) is 0. The van der Waals surface area contributed by atoms with Gasteiger partial charge in [-0.2, -0.15) is 4.98 Å². The Morgan fingerprint density at radius 3 is 1.74 bits per heavy atom. The second kappa shape index (κ2) is 26.5. The van der Waals surface area contributed by atoms with Gasteiger partial charge in [0.15, 0.2) is 5.65 Å². The van der Waals surface area contributed by atoms with Gasteiger partial charge in [-0.25, -0.2) is 14.5 Å². The summed E-state index contributed by atoms with van der Waals surface area (Å²) in [6, 6.07) is 8.56. The highest BCUT2D eigenvalue weighted by Gasteiger charge is 2.15. The van der Waals surface area contributed by atoms with Crippen LogP contribution in [-0.2, 0) is 17.8 Å².